The van der Waals surface area contributed by atoms with Gasteiger partial charge in [-0.3, -0.25) is 0 Å². The summed E-state index contributed by atoms with van der Waals surface area (Å²) in [5.74, 6) is 1.26. The Balaban J connectivity index is 1.49. The zero-order valence-electron chi connectivity index (χ0n) is 14.9. The maximum atomic E-state index is 13.3. The van der Waals surface area contributed by atoms with E-state index < -0.39 is 0 Å². The van der Waals surface area contributed by atoms with E-state index in [4.69, 9.17) is 0 Å². The number of aliphatic hydroxyl groups is 1. The first-order chi connectivity index (χ1) is 12.6. The van der Waals surface area contributed by atoms with Crippen molar-refractivity contribution in [1.82, 2.24) is 9.97 Å². The Kier molecular flexibility index (Phi) is 4.76. The van der Waals surface area contributed by atoms with Crippen molar-refractivity contribution in [3.8, 4) is 0 Å². The van der Waals surface area contributed by atoms with Crippen LogP contribution in [0.25, 0.3) is 0 Å². The van der Waals surface area contributed by atoms with Crippen LogP contribution < -0.4 is 10.2 Å². The second-order valence-corrected chi connectivity index (χ2v) is 7.47. The molecular weight excluding hydrogens is 331 g/mol. The lowest BCUT2D eigenvalue weighted by molar-refractivity contribution is 0.198. The van der Waals surface area contributed by atoms with E-state index in [2.05, 4.69) is 20.2 Å². The molecule has 2 heterocycles. The van der Waals surface area contributed by atoms with Crippen molar-refractivity contribution in [3.63, 3.8) is 0 Å². The van der Waals surface area contributed by atoms with Crippen LogP contribution >= 0.6 is 0 Å². The number of benzene rings is 1. The van der Waals surface area contributed by atoms with Gasteiger partial charge in [0.05, 0.1) is 6.10 Å². The lowest BCUT2D eigenvalue weighted by Crippen LogP contribution is -2.32. The summed E-state index contributed by atoms with van der Waals surface area (Å²) in [5, 5.41) is 13.1. The summed E-state index contributed by atoms with van der Waals surface area (Å²) in [7, 11) is 0. The fourth-order valence-electron chi connectivity index (χ4n) is 4.23. The number of anilines is 2. The highest BCUT2D eigenvalue weighted by Crippen LogP contribution is 2.41. The van der Waals surface area contributed by atoms with Gasteiger partial charge in [0, 0.05) is 31.2 Å². The van der Waals surface area contributed by atoms with Crippen molar-refractivity contribution in [3.05, 3.63) is 47.9 Å². The van der Waals surface area contributed by atoms with Crippen LogP contribution in [0.4, 0.5) is 16.2 Å². The van der Waals surface area contributed by atoms with Gasteiger partial charge < -0.3 is 15.3 Å². The van der Waals surface area contributed by atoms with E-state index in [0.29, 0.717) is 12.5 Å². The van der Waals surface area contributed by atoms with Crippen LogP contribution in [0.3, 0.4) is 0 Å². The molecule has 0 amide bonds. The third-order valence-electron chi connectivity index (χ3n) is 5.73. The van der Waals surface area contributed by atoms with Gasteiger partial charge in [0.15, 0.2) is 0 Å². The molecule has 2 N–H and O–H groups in total. The highest BCUT2D eigenvalue weighted by molar-refractivity contribution is 5.44. The average Bonchev–Trinajstić information content (AvgIpc) is 3.31. The predicted molar refractivity (Wildman–Crippen MR) is 99.9 cm³/mol. The topological polar surface area (TPSA) is 61.3 Å². The Morgan fingerprint density at radius 1 is 1.19 bits per heavy atom. The summed E-state index contributed by atoms with van der Waals surface area (Å²) in [6.45, 7) is 2.18. The van der Waals surface area contributed by atoms with Gasteiger partial charge in [0.2, 0.25) is 5.95 Å². The van der Waals surface area contributed by atoms with Crippen molar-refractivity contribution in [1.29, 1.82) is 0 Å². The molecule has 0 bridgehead atoms. The Bertz CT molecular complexity index is 746. The zero-order chi connectivity index (χ0) is 18.0. The number of halogens is 1. The molecule has 26 heavy (non-hydrogen) atoms. The fourth-order valence-corrected chi connectivity index (χ4v) is 4.23. The molecule has 1 saturated carbocycles. The number of β-amino-alcohol motifs (C(OH)–C–C–N with tert-alkyl or cyclic N) is 1. The van der Waals surface area contributed by atoms with Gasteiger partial charge in [0.1, 0.15) is 11.6 Å². The molecule has 1 aromatic heterocycles. The SMILES string of the molecule is OC1CCN(c2ccnc(NCC3(c4ccc(F)cc4)CCCC3)n2)C1. The first-order valence-electron chi connectivity index (χ1n) is 9.41. The van der Waals surface area contributed by atoms with E-state index in [1.54, 1.807) is 18.3 Å². The molecule has 0 spiro atoms. The van der Waals surface area contributed by atoms with Gasteiger partial charge in [-0.05, 0) is 43.0 Å². The summed E-state index contributed by atoms with van der Waals surface area (Å²) < 4.78 is 13.3. The van der Waals surface area contributed by atoms with Crippen molar-refractivity contribution < 1.29 is 9.50 Å². The molecule has 1 aliphatic carbocycles. The highest BCUT2D eigenvalue weighted by Gasteiger charge is 2.35. The lowest BCUT2D eigenvalue weighted by Gasteiger charge is -2.30. The molecule has 0 radical (unpaired) electrons. The van der Waals surface area contributed by atoms with E-state index in [1.807, 2.05) is 18.2 Å². The van der Waals surface area contributed by atoms with E-state index >= 15 is 0 Å². The first-order valence-corrected chi connectivity index (χ1v) is 9.41. The van der Waals surface area contributed by atoms with E-state index in [9.17, 15) is 9.50 Å². The van der Waals surface area contributed by atoms with Crippen LogP contribution in [-0.4, -0.2) is 40.8 Å². The van der Waals surface area contributed by atoms with E-state index in [-0.39, 0.29) is 17.3 Å². The van der Waals surface area contributed by atoms with Gasteiger partial charge in [-0.2, -0.15) is 4.98 Å². The maximum Gasteiger partial charge on any atom is 0.224 e. The Hall–Kier alpha value is -2.21. The number of aromatic nitrogens is 2. The predicted octanol–water partition coefficient (Wildman–Crippen LogP) is 3.11. The standard InChI is InChI=1S/C20H25FN4O/c21-16-5-3-15(4-6-16)20(9-1-2-10-20)14-23-19-22-11-7-18(24-19)25-12-8-17(26)13-25/h3-7,11,17,26H,1-2,8-10,12-14H2,(H,22,23,24). The Morgan fingerprint density at radius 2 is 1.96 bits per heavy atom. The molecular formula is C20H25FN4O. The average molecular weight is 356 g/mol. The summed E-state index contributed by atoms with van der Waals surface area (Å²) in [4.78, 5) is 11.1. The van der Waals surface area contributed by atoms with E-state index in [1.165, 1.54) is 18.4 Å². The Labute approximate surface area is 153 Å². The third-order valence-corrected chi connectivity index (χ3v) is 5.73. The molecule has 5 nitrogen and oxygen atoms in total. The molecule has 6 heteroatoms. The molecule has 1 saturated heterocycles. The molecule has 138 valence electrons. The Morgan fingerprint density at radius 3 is 2.65 bits per heavy atom. The minimum atomic E-state index is -0.276. The van der Waals surface area contributed by atoms with Crippen LogP contribution in [0.2, 0.25) is 0 Å². The number of nitrogens with one attached hydrogen (secondary N) is 1. The minimum Gasteiger partial charge on any atom is -0.391 e. The molecule has 2 fully saturated rings. The van der Waals surface area contributed by atoms with Gasteiger partial charge in [-0.25, -0.2) is 9.37 Å². The third kappa shape index (κ3) is 3.51. The number of hydrogen-bond donors (Lipinski definition) is 2. The normalized spacial score (nSPS) is 21.9. The largest absolute Gasteiger partial charge is 0.391 e. The molecule has 1 unspecified atom stereocenters. The van der Waals surface area contributed by atoms with Crippen LogP contribution in [0.5, 0.6) is 0 Å². The first kappa shape index (κ1) is 17.2. The number of nitrogens with zero attached hydrogens (tertiary/aromatic N) is 3. The second-order valence-electron chi connectivity index (χ2n) is 7.47. The quantitative estimate of drug-likeness (QED) is 0.862. The molecule has 1 aliphatic heterocycles. The zero-order valence-corrected chi connectivity index (χ0v) is 14.9. The lowest BCUT2D eigenvalue weighted by atomic mass is 9.79. The number of aliphatic hydroxyl groups excluding tert-OH is 1. The van der Waals surface area contributed by atoms with Crippen LogP contribution in [0, 0.1) is 5.82 Å². The molecule has 2 aliphatic rings. The second kappa shape index (κ2) is 7.19. The maximum absolute atomic E-state index is 13.3. The van der Waals surface area contributed by atoms with Crippen molar-refractivity contribution in [2.45, 2.75) is 43.6 Å². The van der Waals surface area contributed by atoms with Gasteiger partial charge in [-0.1, -0.05) is 25.0 Å². The summed E-state index contributed by atoms with van der Waals surface area (Å²) in [5.41, 5.74) is 1.19. The minimum absolute atomic E-state index is 0.0108. The van der Waals surface area contributed by atoms with Crippen molar-refractivity contribution in [2.75, 3.05) is 29.9 Å². The highest BCUT2D eigenvalue weighted by atomic mass is 19.1. The van der Waals surface area contributed by atoms with E-state index in [0.717, 1.165) is 38.2 Å². The van der Waals surface area contributed by atoms with Crippen molar-refractivity contribution in [2.24, 2.45) is 0 Å². The molecule has 1 atom stereocenters. The molecule has 2 aromatic rings. The smallest absolute Gasteiger partial charge is 0.224 e. The van der Waals surface area contributed by atoms with Crippen LogP contribution in [0.15, 0.2) is 36.5 Å². The number of rotatable bonds is 5. The van der Waals surface area contributed by atoms with Crippen LogP contribution in [0.1, 0.15) is 37.7 Å². The monoisotopic (exact) mass is 356 g/mol. The summed E-state index contributed by atoms with van der Waals surface area (Å²) in [6.07, 6.45) is 6.81. The van der Waals surface area contributed by atoms with Crippen molar-refractivity contribution >= 4 is 11.8 Å². The van der Waals surface area contributed by atoms with Crippen LogP contribution in [-0.2, 0) is 5.41 Å². The molecule has 4 rings (SSSR count). The molecule has 1 aromatic carbocycles. The van der Waals surface area contributed by atoms with Gasteiger partial charge in [0.25, 0.3) is 0 Å². The summed E-state index contributed by atoms with van der Waals surface area (Å²) in [6, 6.07) is 8.79. The summed E-state index contributed by atoms with van der Waals surface area (Å²) >= 11 is 0. The van der Waals surface area contributed by atoms with Gasteiger partial charge >= 0.3 is 0 Å². The number of hydrogen-bond acceptors (Lipinski definition) is 5. The fraction of sp³-hybridized carbons (Fsp3) is 0.500. The van der Waals surface area contributed by atoms with Gasteiger partial charge in [-0.15, -0.1) is 0 Å².